The summed E-state index contributed by atoms with van der Waals surface area (Å²) in [5, 5.41) is 10.2. The Morgan fingerprint density at radius 1 is 0.305 bits per heavy atom. The predicted octanol–water partition coefficient (Wildman–Crippen LogP) is 16.3. The third kappa shape index (κ3) is 5.62. The molecule has 2 nitrogen and oxygen atoms in total. The first-order valence-corrected chi connectivity index (χ1v) is 21.0. The number of nitrogens with zero attached hydrogens (tertiary/aromatic N) is 2. The van der Waals surface area contributed by atoms with Crippen LogP contribution in [0.5, 0.6) is 0 Å². The number of hydrogen-bond donors (Lipinski definition) is 0. The first-order chi connectivity index (χ1) is 29.2. The second-order valence-electron chi connectivity index (χ2n) is 15.4. The van der Waals surface area contributed by atoms with E-state index in [0.717, 1.165) is 17.1 Å². The van der Waals surface area contributed by atoms with E-state index in [1.807, 2.05) is 11.3 Å². The molecule has 10 aromatic carbocycles. The van der Waals surface area contributed by atoms with E-state index in [9.17, 15) is 0 Å². The second kappa shape index (κ2) is 13.6. The first kappa shape index (κ1) is 33.7. The molecule has 0 fully saturated rings. The summed E-state index contributed by atoms with van der Waals surface area (Å²) in [6, 6.07) is 79.9. The standard InChI is InChI=1S/C56H36N2S/c1-2-14-43(15-3-1)57(45-28-31-48-42(34-45)22-21-38-11-4-5-16-47(38)48)44-26-23-37(24-27-44)39-12-10-13-40(33-39)41-25-30-50-49-17-6-8-19-53(49)58(54(50)35-41)46-29-32-52-51-18-7-9-20-55(51)59-56(52)36-46/h1-36H. The van der Waals surface area contributed by atoms with E-state index in [1.54, 1.807) is 0 Å². The molecule has 2 heterocycles. The average molecular weight is 769 g/mol. The van der Waals surface area contributed by atoms with Crippen molar-refractivity contribution in [2.45, 2.75) is 0 Å². The molecule has 2 aromatic heterocycles. The van der Waals surface area contributed by atoms with E-state index in [2.05, 4.69) is 228 Å². The lowest BCUT2D eigenvalue weighted by atomic mass is 9.98. The van der Waals surface area contributed by atoms with Crippen LogP contribution < -0.4 is 4.90 Å². The highest BCUT2D eigenvalue weighted by Gasteiger charge is 2.17. The minimum absolute atomic E-state index is 1.11. The predicted molar refractivity (Wildman–Crippen MR) is 254 cm³/mol. The van der Waals surface area contributed by atoms with Crippen molar-refractivity contribution >= 4 is 91.9 Å². The van der Waals surface area contributed by atoms with Gasteiger partial charge in [0, 0.05) is 53.7 Å². The molecular formula is C56H36N2S. The van der Waals surface area contributed by atoms with Gasteiger partial charge in [-0.2, -0.15) is 0 Å². The smallest absolute Gasteiger partial charge is 0.0547 e. The monoisotopic (exact) mass is 768 g/mol. The molecule has 0 aliphatic rings. The Morgan fingerprint density at radius 2 is 0.898 bits per heavy atom. The zero-order valence-electron chi connectivity index (χ0n) is 32.1. The van der Waals surface area contributed by atoms with Gasteiger partial charge in [-0.3, -0.25) is 0 Å². The minimum Gasteiger partial charge on any atom is -0.310 e. The van der Waals surface area contributed by atoms with Gasteiger partial charge in [-0.25, -0.2) is 0 Å². The Morgan fingerprint density at radius 3 is 1.78 bits per heavy atom. The Bertz CT molecular complexity index is 3560. The zero-order chi connectivity index (χ0) is 38.9. The normalized spacial score (nSPS) is 11.7. The van der Waals surface area contributed by atoms with E-state index in [0.29, 0.717) is 0 Å². The topological polar surface area (TPSA) is 8.17 Å². The lowest BCUT2D eigenvalue weighted by molar-refractivity contribution is 1.19. The summed E-state index contributed by atoms with van der Waals surface area (Å²) in [7, 11) is 0. The van der Waals surface area contributed by atoms with Crippen LogP contribution in [0.3, 0.4) is 0 Å². The van der Waals surface area contributed by atoms with E-state index < -0.39 is 0 Å². The average Bonchev–Trinajstić information content (AvgIpc) is 3.84. The van der Waals surface area contributed by atoms with Crippen molar-refractivity contribution in [3.05, 3.63) is 218 Å². The van der Waals surface area contributed by atoms with Gasteiger partial charge in [-0.15, -0.1) is 11.3 Å². The minimum atomic E-state index is 1.11. The highest BCUT2D eigenvalue weighted by atomic mass is 32.1. The van der Waals surface area contributed by atoms with Crippen molar-refractivity contribution in [3.63, 3.8) is 0 Å². The summed E-state index contributed by atoms with van der Waals surface area (Å²) < 4.78 is 5.07. The Hall–Kier alpha value is -7.46. The van der Waals surface area contributed by atoms with Gasteiger partial charge in [0.05, 0.1) is 11.0 Å². The number of aromatic nitrogens is 1. The summed E-state index contributed by atoms with van der Waals surface area (Å²) in [5.74, 6) is 0. The summed E-state index contributed by atoms with van der Waals surface area (Å²) in [6.07, 6.45) is 0. The van der Waals surface area contributed by atoms with Crippen LogP contribution in [-0.2, 0) is 0 Å². The van der Waals surface area contributed by atoms with Crippen LogP contribution >= 0.6 is 11.3 Å². The third-order valence-electron chi connectivity index (χ3n) is 12.0. The van der Waals surface area contributed by atoms with Gasteiger partial charge >= 0.3 is 0 Å². The van der Waals surface area contributed by atoms with Crippen molar-refractivity contribution in [2.75, 3.05) is 4.90 Å². The number of fused-ring (bicyclic) bond motifs is 9. The van der Waals surface area contributed by atoms with Gasteiger partial charge < -0.3 is 9.47 Å². The summed E-state index contributed by atoms with van der Waals surface area (Å²) >= 11 is 1.87. The van der Waals surface area contributed by atoms with Gasteiger partial charge in [0.25, 0.3) is 0 Å². The fourth-order valence-corrected chi connectivity index (χ4v) is 10.3. The maximum Gasteiger partial charge on any atom is 0.0547 e. The summed E-state index contributed by atoms with van der Waals surface area (Å²) in [5.41, 5.74) is 11.7. The SMILES string of the molecule is c1ccc(N(c2ccc(-c3cccc(-c4ccc5c6ccccc6n(-c6ccc7c(c6)sc6ccccc67)c5c4)c3)cc2)c2ccc3c(ccc4ccccc43)c2)cc1. The van der Waals surface area contributed by atoms with E-state index in [4.69, 9.17) is 0 Å². The van der Waals surface area contributed by atoms with Gasteiger partial charge in [0.1, 0.15) is 0 Å². The van der Waals surface area contributed by atoms with Crippen LogP contribution in [0.4, 0.5) is 17.1 Å². The van der Waals surface area contributed by atoms with Crippen LogP contribution in [0.2, 0.25) is 0 Å². The number of rotatable bonds is 6. The molecule has 0 spiro atoms. The summed E-state index contributed by atoms with van der Waals surface area (Å²) in [4.78, 5) is 2.35. The van der Waals surface area contributed by atoms with E-state index in [1.165, 1.54) is 91.5 Å². The number of anilines is 3. The van der Waals surface area contributed by atoms with Crippen molar-refractivity contribution in [1.82, 2.24) is 4.57 Å². The lowest BCUT2D eigenvalue weighted by Gasteiger charge is -2.26. The first-order valence-electron chi connectivity index (χ1n) is 20.2. The number of thiophene rings is 1. The Balaban J connectivity index is 0.918. The van der Waals surface area contributed by atoms with Crippen molar-refractivity contribution in [3.8, 4) is 27.9 Å². The molecule has 59 heavy (non-hydrogen) atoms. The maximum absolute atomic E-state index is 2.44. The quantitative estimate of drug-likeness (QED) is 0.153. The van der Waals surface area contributed by atoms with Crippen LogP contribution in [0, 0.1) is 0 Å². The van der Waals surface area contributed by atoms with Crippen LogP contribution in [0.25, 0.3) is 91.5 Å². The number of hydrogen-bond acceptors (Lipinski definition) is 2. The van der Waals surface area contributed by atoms with Crippen LogP contribution in [0.15, 0.2) is 218 Å². The van der Waals surface area contributed by atoms with Crippen molar-refractivity contribution < 1.29 is 0 Å². The molecule has 12 aromatic rings. The van der Waals surface area contributed by atoms with Crippen LogP contribution in [-0.4, -0.2) is 4.57 Å². The van der Waals surface area contributed by atoms with Gasteiger partial charge in [-0.1, -0.05) is 146 Å². The molecule has 0 saturated heterocycles. The molecule has 0 atom stereocenters. The third-order valence-corrected chi connectivity index (χ3v) is 13.1. The molecule has 0 bridgehead atoms. The molecule has 3 heteroatoms. The fourth-order valence-electron chi connectivity index (χ4n) is 9.13. The molecule has 0 N–H and O–H groups in total. The highest BCUT2D eigenvalue weighted by molar-refractivity contribution is 7.25. The highest BCUT2D eigenvalue weighted by Crippen LogP contribution is 2.41. The molecule has 0 aliphatic heterocycles. The Labute approximate surface area is 346 Å². The number of para-hydroxylation sites is 2. The molecule has 0 saturated carbocycles. The molecule has 0 unspecified atom stereocenters. The van der Waals surface area contributed by atoms with Crippen molar-refractivity contribution in [1.29, 1.82) is 0 Å². The second-order valence-corrected chi connectivity index (χ2v) is 16.4. The lowest BCUT2D eigenvalue weighted by Crippen LogP contribution is -2.09. The molecule has 276 valence electrons. The largest absolute Gasteiger partial charge is 0.310 e. The molecular weight excluding hydrogens is 733 g/mol. The molecule has 0 amide bonds. The van der Waals surface area contributed by atoms with Crippen molar-refractivity contribution in [2.24, 2.45) is 0 Å². The molecule has 0 radical (unpaired) electrons. The van der Waals surface area contributed by atoms with Gasteiger partial charge in [0.2, 0.25) is 0 Å². The number of benzene rings is 10. The van der Waals surface area contributed by atoms with E-state index in [-0.39, 0.29) is 0 Å². The van der Waals surface area contributed by atoms with Crippen LogP contribution in [0.1, 0.15) is 0 Å². The molecule has 12 rings (SSSR count). The molecule has 0 aliphatic carbocycles. The van der Waals surface area contributed by atoms with Gasteiger partial charge in [0.15, 0.2) is 0 Å². The maximum atomic E-state index is 2.44. The summed E-state index contributed by atoms with van der Waals surface area (Å²) in [6.45, 7) is 0. The Kier molecular flexibility index (Phi) is 7.75. The van der Waals surface area contributed by atoms with E-state index >= 15 is 0 Å². The zero-order valence-corrected chi connectivity index (χ0v) is 32.9. The fraction of sp³-hybridized carbons (Fsp3) is 0. The van der Waals surface area contributed by atoms with Gasteiger partial charge in [-0.05, 0) is 117 Å².